The van der Waals surface area contributed by atoms with Crippen LogP contribution < -0.4 is 0 Å². The van der Waals surface area contributed by atoms with Crippen molar-refractivity contribution in [2.75, 3.05) is 0 Å². The minimum absolute atomic E-state index is 0.105. The van der Waals surface area contributed by atoms with Crippen molar-refractivity contribution in [1.82, 2.24) is 15.0 Å². The highest BCUT2D eigenvalue weighted by molar-refractivity contribution is 4.89. The molecule has 0 aliphatic rings. The molecule has 1 heterocycles. The van der Waals surface area contributed by atoms with Gasteiger partial charge in [-0.3, -0.25) is 0 Å². The summed E-state index contributed by atoms with van der Waals surface area (Å²) >= 11 is 0. The third-order valence-corrected chi connectivity index (χ3v) is 0.874. The van der Waals surface area contributed by atoms with Crippen molar-refractivity contribution in [3.05, 3.63) is 16.8 Å². The summed E-state index contributed by atoms with van der Waals surface area (Å²) in [6, 6.07) is 0. The van der Waals surface area contributed by atoms with E-state index in [-0.39, 0.29) is 6.54 Å². The lowest BCUT2D eigenvalue weighted by Gasteiger charge is -1.80. The first-order valence-electron chi connectivity index (χ1n) is 3.47. The quantitative estimate of drug-likeness (QED) is 0.602. The van der Waals surface area contributed by atoms with Gasteiger partial charge in [0.25, 0.3) is 0 Å². The number of aromatic nitrogens is 3. The van der Waals surface area contributed by atoms with Gasteiger partial charge in [-0.05, 0) is 0 Å². The molecule has 0 saturated heterocycles. The molecule has 0 aliphatic heterocycles. The molecule has 0 N–H and O–H groups in total. The number of hydrogen-bond acceptors (Lipinski definition) is 4. The monoisotopic (exact) mass is 156 g/mol. The van der Waals surface area contributed by atoms with Crippen LogP contribution in [0.4, 0.5) is 0 Å². The standard InChI is InChI=1S/C4H6N4O.C2H6/c1-8-5-2-4(7-8)3-6-9;1-2/h2H,3H2,1H3;1-2H3. The second-order valence-corrected chi connectivity index (χ2v) is 1.61. The Labute approximate surface area is 65.4 Å². The van der Waals surface area contributed by atoms with Crippen LogP contribution in [0, 0.1) is 4.91 Å². The molecule has 0 amide bonds. The van der Waals surface area contributed by atoms with E-state index in [1.807, 2.05) is 13.8 Å². The smallest absolute Gasteiger partial charge is 0.127 e. The Morgan fingerprint density at radius 1 is 1.64 bits per heavy atom. The third-order valence-electron chi connectivity index (χ3n) is 0.874. The van der Waals surface area contributed by atoms with Gasteiger partial charge < -0.3 is 0 Å². The number of nitrogens with zero attached hydrogens (tertiary/aromatic N) is 4. The fourth-order valence-electron chi connectivity index (χ4n) is 0.526. The van der Waals surface area contributed by atoms with Gasteiger partial charge >= 0.3 is 0 Å². The minimum Gasteiger partial charge on any atom is -0.188 e. The zero-order chi connectivity index (χ0) is 8.69. The lowest BCUT2D eigenvalue weighted by molar-refractivity contribution is 0.645. The highest BCUT2D eigenvalue weighted by atomic mass is 16.3. The van der Waals surface area contributed by atoms with Gasteiger partial charge in [0, 0.05) is 7.05 Å². The normalized spacial score (nSPS) is 8.27. The fraction of sp³-hybridized carbons (Fsp3) is 0.667. The summed E-state index contributed by atoms with van der Waals surface area (Å²) in [4.78, 5) is 11.0. The molecule has 0 atom stereocenters. The SMILES string of the molecule is CC.Cn1ncc(CN=O)n1. The lowest BCUT2D eigenvalue weighted by atomic mass is 10.5. The average Bonchev–Trinajstić information content (AvgIpc) is 2.41. The predicted molar refractivity (Wildman–Crippen MR) is 41.9 cm³/mol. The molecule has 0 unspecified atom stereocenters. The molecule has 0 saturated carbocycles. The summed E-state index contributed by atoms with van der Waals surface area (Å²) in [5.74, 6) is 0. The second kappa shape index (κ2) is 5.52. The molecule has 1 rings (SSSR count). The van der Waals surface area contributed by atoms with Gasteiger partial charge in [-0.25, -0.2) is 0 Å². The summed E-state index contributed by atoms with van der Waals surface area (Å²) in [5, 5.41) is 10.2. The van der Waals surface area contributed by atoms with Gasteiger partial charge in [-0.2, -0.15) is 19.9 Å². The van der Waals surface area contributed by atoms with Crippen LogP contribution in [0.25, 0.3) is 0 Å². The van der Waals surface area contributed by atoms with Crippen LogP contribution in [-0.4, -0.2) is 15.0 Å². The highest BCUT2D eigenvalue weighted by Gasteiger charge is 1.94. The molecule has 0 bridgehead atoms. The van der Waals surface area contributed by atoms with Crippen molar-refractivity contribution in [3.8, 4) is 0 Å². The molecule has 0 spiro atoms. The summed E-state index contributed by atoms with van der Waals surface area (Å²) in [6.07, 6.45) is 1.52. The maximum absolute atomic E-state index is 9.66. The van der Waals surface area contributed by atoms with Gasteiger partial charge in [-0.15, -0.1) is 0 Å². The number of nitroso groups, excluding NO2 is 1. The van der Waals surface area contributed by atoms with Crippen molar-refractivity contribution < 1.29 is 0 Å². The van der Waals surface area contributed by atoms with Gasteiger partial charge in [0.1, 0.15) is 12.2 Å². The van der Waals surface area contributed by atoms with E-state index in [9.17, 15) is 4.91 Å². The van der Waals surface area contributed by atoms with Crippen LogP contribution in [0.1, 0.15) is 19.5 Å². The van der Waals surface area contributed by atoms with Gasteiger partial charge in [0.05, 0.1) is 6.20 Å². The van der Waals surface area contributed by atoms with Crippen LogP contribution in [0.15, 0.2) is 11.4 Å². The Kier molecular flexibility index (Phi) is 4.89. The third kappa shape index (κ3) is 3.44. The molecular formula is C6H12N4O. The van der Waals surface area contributed by atoms with Crippen LogP contribution >= 0.6 is 0 Å². The summed E-state index contributed by atoms with van der Waals surface area (Å²) < 4.78 is 0. The topological polar surface area (TPSA) is 60.1 Å². The van der Waals surface area contributed by atoms with Gasteiger partial charge in [0.15, 0.2) is 0 Å². The zero-order valence-electron chi connectivity index (χ0n) is 6.98. The number of hydrogen-bond donors (Lipinski definition) is 0. The fourth-order valence-corrected chi connectivity index (χ4v) is 0.526. The second-order valence-electron chi connectivity index (χ2n) is 1.61. The minimum atomic E-state index is 0.105. The maximum atomic E-state index is 9.66. The average molecular weight is 156 g/mol. The molecule has 0 fully saturated rings. The van der Waals surface area contributed by atoms with E-state index in [0.29, 0.717) is 5.69 Å². The van der Waals surface area contributed by atoms with Crippen molar-refractivity contribution in [1.29, 1.82) is 0 Å². The Morgan fingerprint density at radius 2 is 2.27 bits per heavy atom. The van der Waals surface area contributed by atoms with Crippen LogP contribution in [0.5, 0.6) is 0 Å². The molecule has 62 valence electrons. The number of rotatable bonds is 2. The summed E-state index contributed by atoms with van der Waals surface area (Å²) in [5.41, 5.74) is 0.604. The summed E-state index contributed by atoms with van der Waals surface area (Å²) in [6.45, 7) is 4.10. The molecule has 11 heavy (non-hydrogen) atoms. The maximum Gasteiger partial charge on any atom is 0.127 e. The van der Waals surface area contributed by atoms with E-state index < -0.39 is 0 Å². The van der Waals surface area contributed by atoms with Crippen molar-refractivity contribution in [3.63, 3.8) is 0 Å². The van der Waals surface area contributed by atoms with E-state index in [4.69, 9.17) is 0 Å². The Hall–Kier alpha value is -1.26. The van der Waals surface area contributed by atoms with Crippen molar-refractivity contribution in [2.45, 2.75) is 20.4 Å². The molecule has 1 aromatic rings. The first kappa shape index (κ1) is 9.74. The van der Waals surface area contributed by atoms with E-state index >= 15 is 0 Å². The van der Waals surface area contributed by atoms with E-state index in [1.54, 1.807) is 7.05 Å². The molecule has 0 aromatic carbocycles. The first-order chi connectivity index (χ1) is 5.33. The number of aryl methyl sites for hydroxylation is 1. The molecule has 5 heteroatoms. The molecule has 0 radical (unpaired) electrons. The van der Waals surface area contributed by atoms with Crippen molar-refractivity contribution in [2.24, 2.45) is 12.2 Å². The Morgan fingerprint density at radius 3 is 2.64 bits per heavy atom. The van der Waals surface area contributed by atoms with Crippen LogP contribution in [-0.2, 0) is 13.6 Å². The van der Waals surface area contributed by atoms with Crippen LogP contribution in [0.3, 0.4) is 0 Å². The van der Waals surface area contributed by atoms with Gasteiger partial charge in [0.2, 0.25) is 0 Å². The molecular weight excluding hydrogens is 144 g/mol. The van der Waals surface area contributed by atoms with E-state index in [0.717, 1.165) is 0 Å². The Bertz CT molecular complexity index is 208. The van der Waals surface area contributed by atoms with E-state index in [1.165, 1.54) is 11.0 Å². The summed E-state index contributed by atoms with van der Waals surface area (Å²) in [7, 11) is 1.69. The van der Waals surface area contributed by atoms with Crippen molar-refractivity contribution >= 4 is 0 Å². The predicted octanol–water partition coefficient (Wildman–Crippen LogP) is 1.11. The molecule has 1 aromatic heterocycles. The molecule has 5 nitrogen and oxygen atoms in total. The van der Waals surface area contributed by atoms with Crippen LogP contribution in [0.2, 0.25) is 0 Å². The first-order valence-corrected chi connectivity index (χ1v) is 3.47. The highest BCUT2D eigenvalue weighted by Crippen LogP contribution is 1.90. The van der Waals surface area contributed by atoms with Gasteiger partial charge in [-0.1, -0.05) is 19.0 Å². The van der Waals surface area contributed by atoms with E-state index in [2.05, 4.69) is 15.4 Å². The lowest BCUT2D eigenvalue weighted by Crippen LogP contribution is -1.92. The molecule has 0 aliphatic carbocycles. The zero-order valence-corrected chi connectivity index (χ0v) is 6.98. The largest absolute Gasteiger partial charge is 0.188 e. The Balaban J connectivity index is 0.000000461.